The molecule has 78 valence electrons. The Hall–Kier alpha value is -1.64. The van der Waals surface area contributed by atoms with Crippen molar-refractivity contribution in [3.63, 3.8) is 0 Å². The molecule has 1 aliphatic rings. The second-order valence-corrected chi connectivity index (χ2v) is 3.96. The lowest BCUT2D eigenvalue weighted by Crippen LogP contribution is -2.18. The third kappa shape index (κ3) is 1.91. The van der Waals surface area contributed by atoms with Gasteiger partial charge in [0.05, 0.1) is 0 Å². The van der Waals surface area contributed by atoms with Crippen LogP contribution in [-0.2, 0) is 11.2 Å². The van der Waals surface area contributed by atoms with Crippen molar-refractivity contribution in [1.29, 1.82) is 0 Å². The summed E-state index contributed by atoms with van der Waals surface area (Å²) in [6.45, 7) is 1.92. The van der Waals surface area contributed by atoms with Gasteiger partial charge in [0.2, 0.25) is 5.91 Å². The number of hydrogen-bond donors (Lipinski definition) is 1. The molecule has 0 saturated heterocycles. The molecule has 1 unspecified atom stereocenters. The topological polar surface area (TPSA) is 46.2 Å². The smallest absolute Gasteiger partial charge is 0.227 e. The zero-order valence-corrected chi connectivity index (χ0v) is 8.62. The highest BCUT2D eigenvalue weighted by molar-refractivity contribution is 5.94. The summed E-state index contributed by atoms with van der Waals surface area (Å²) < 4.78 is 0. The fourth-order valence-electron chi connectivity index (χ4n) is 1.76. The molecule has 2 rings (SSSR count). The van der Waals surface area contributed by atoms with Crippen molar-refractivity contribution in [3.8, 4) is 0 Å². The number of aryl methyl sites for hydroxylation is 1. The minimum Gasteiger partial charge on any atom is -0.326 e. The molecule has 0 spiro atoms. The average Bonchev–Trinajstić information content (AvgIpc) is 2.39. The van der Waals surface area contributed by atoms with Crippen molar-refractivity contribution in [2.75, 3.05) is 5.32 Å². The Morgan fingerprint density at radius 3 is 3.00 bits per heavy atom. The highest BCUT2D eigenvalue weighted by Crippen LogP contribution is 2.24. The molecule has 1 aromatic carbocycles. The van der Waals surface area contributed by atoms with Gasteiger partial charge in [-0.3, -0.25) is 9.59 Å². The van der Waals surface area contributed by atoms with Gasteiger partial charge in [-0.25, -0.2) is 0 Å². The Labute approximate surface area is 88.5 Å². The van der Waals surface area contributed by atoms with E-state index in [9.17, 15) is 9.59 Å². The quantitative estimate of drug-likeness (QED) is 0.710. The van der Waals surface area contributed by atoms with Crippen LogP contribution in [0.4, 0.5) is 5.69 Å². The van der Waals surface area contributed by atoms with Crippen LogP contribution in [0.3, 0.4) is 0 Å². The van der Waals surface area contributed by atoms with Gasteiger partial charge in [-0.2, -0.15) is 0 Å². The Morgan fingerprint density at radius 2 is 2.27 bits per heavy atom. The minimum absolute atomic E-state index is 0.0387. The molecule has 0 saturated carbocycles. The number of hydrogen-bond acceptors (Lipinski definition) is 2. The summed E-state index contributed by atoms with van der Waals surface area (Å²) in [4.78, 5) is 22.2. The second kappa shape index (κ2) is 3.85. The molecular weight excluding hydrogens is 190 g/mol. The Balaban J connectivity index is 2.39. The summed E-state index contributed by atoms with van der Waals surface area (Å²) in [7, 11) is 0. The Bertz CT molecular complexity index is 412. The van der Waals surface area contributed by atoms with Gasteiger partial charge >= 0.3 is 0 Å². The van der Waals surface area contributed by atoms with E-state index < -0.39 is 0 Å². The highest BCUT2D eigenvalue weighted by Gasteiger charge is 2.19. The normalized spacial score (nSPS) is 20.1. The first-order valence-corrected chi connectivity index (χ1v) is 5.09. The number of nitrogens with one attached hydrogen (secondary N) is 1. The largest absolute Gasteiger partial charge is 0.326 e. The van der Waals surface area contributed by atoms with Crippen LogP contribution >= 0.6 is 0 Å². The lowest BCUT2D eigenvalue weighted by atomic mass is 10.0. The molecule has 0 aromatic heterocycles. The molecular formula is C12H13NO2. The van der Waals surface area contributed by atoms with Crippen LogP contribution in [0.1, 0.15) is 29.3 Å². The number of carbonyl (C=O) groups excluding carboxylic acids is 2. The minimum atomic E-state index is 0.0387. The SMILES string of the molecule is CC1CCc2ccc(C=O)cc2NC1=O. The summed E-state index contributed by atoms with van der Waals surface area (Å²) in [6.07, 6.45) is 2.54. The molecule has 1 N–H and O–H groups in total. The highest BCUT2D eigenvalue weighted by atomic mass is 16.1. The van der Waals surface area contributed by atoms with Crippen molar-refractivity contribution in [1.82, 2.24) is 0 Å². The molecule has 0 radical (unpaired) electrons. The number of benzene rings is 1. The molecule has 3 nitrogen and oxygen atoms in total. The molecule has 3 heteroatoms. The van der Waals surface area contributed by atoms with Crippen LogP contribution in [0.2, 0.25) is 0 Å². The van der Waals surface area contributed by atoms with E-state index >= 15 is 0 Å². The number of anilines is 1. The fraction of sp³-hybridized carbons (Fsp3) is 0.333. The standard InChI is InChI=1S/C12H13NO2/c1-8-2-4-10-5-3-9(7-14)6-11(10)13-12(8)15/h3,5-8H,2,4H2,1H3,(H,13,15). The van der Waals surface area contributed by atoms with Crippen molar-refractivity contribution in [2.45, 2.75) is 19.8 Å². The van der Waals surface area contributed by atoms with E-state index in [1.54, 1.807) is 12.1 Å². The number of fused-ring (bicyclic) bond motifs is 1. The van der Waals surface area contributed by atoms with E-state index in [-0.39, 0.29) is 11.8 Å². The van der Waals surface area contributed by atoms with Gasteiger partial charge in [0.1, 0.15) is 6.29 Å². The summed E-state index contributed by atoms with van der Waals surface area (Å²) in [5.74, 6) is 0.0777. The molecule has 1 aromatic rings. The second-order valence-electron chi connectivity index (χ2n) is 3.96. The Kier molecular flexibility index (Phi) is 2.54. The van der Waals surface area contributed by atoms with Crippen LogP contribution in [0.5, 0.6) is 0 Å². The maximum Gasteiger partial charge on any atom is 0.227 e. The van der Waals surface area contributed by atoms with Crippen LogP contribution in [0, 0.1) is 5.92 Å². The summed E-state index contributed by atoms with van der Waals surface area (Å²) >= 11 is 0. The summed E-state index contributed by atoms with van der Waals surface area (Å²) in [6, 6.07) is 5.43. The molecule has 15 heavy (non-hydrogen) atoms. The maximum atomic E-state index is 11.6. The summed E-state index contributed by atoms with van der Waals surface area (Å²) in [5, 5.41) is 2.85. The van der Waals surface area contributed by atoms with Crippen molar-refractivity contribution in [3.05, 3.63) is 29.3 Å². The predicted octanol–water partition coefficient (Wildman–Crippen LogP) is 2.02. The molecule has 0 fully saturated rings. The maximum absolute atomic E-state index is 11.6. The third-order valence-electron chi connectivity index (χ3n) is 2.82. The first-order valence-electron chi connectivity index (χ1n) is 5.09. The van der Waals surface area contributed by atoms with E-state index in [1.807, 2.05) is 13.0 Å². The number of aldehydes is 1. The van der Waals surface area contributed by atoms with E-state index in [2.05, 4.69) is 5.32 Å². The Morgan fingerprint density at radius 1 is 1.47 bits per heavy atom. The van der Waals surface area contributed by atoms with Crippen LogP contribution in [0.15, 0.2) is 18.2 Å². The lowest BCUT2D eigenvalue weighted by molar-refractivity contribution is -0.119. The molecule has 1 heterocycles. The molecule has 0 aliphatic carbocycles. The number of amides is 1. The monoisotopic (exact) mass is 203 g/mol. The summed E-state index contributed by atoms with van der Waals surface area (Å²) in [5.41, 5.74) is 2.50. The number of rotatable bonds is 1. The number of carbonyl (C=O) groups is 2. The molecule has 1 amide bonds. The van der Waals surface area contributed by atoms with Crippen LogP contribution < -0.4 is 5.32 Å². The van der Waals surface area contributed by atoms with Gasteiger partial charge in [-0.1, -0.05) is 19.1 Å². The van der Waals surface area contributed by atoms with Crippen molar-refractivity contribution in [2.24, 2.45) is 5.92 Å². The van der Waals surface area contributed by atoms with Gasteiger partial charge in [0, 0.05) is 17.2 Å². The van der Waals surface area contributed by atoms with Gasteiger partial charge in [0.25, 0.3) is 0 Å². The molecule has 0 bridgehead atoms. The van der Waals surface area contributed by atoms with Gasteiger partial charge in [0.15, 0.2) is 0 Å². The van der Waals surface area contributed by atoms with E-state index in [0.717, 1.165) is 30.4 Å². The lowest BCUT2D eigenvalue weighted by Gasteiger charge is -2.07. The predicted molar refractivity (Wildman–Crippen MR) is 57.9 cm³/mol. The van der Waals surface area contributed by atoms with Crippen LogP contribution in [0.25, 0.3) is 0 Å². The van der Waals surface area contributed by atoms with Gasteiger partial charge in [-0.05, 0) is 24.5 Å². The first kappa shape index (κ1) is 9.90. The van der Waals surface area contributed by atoms with Gasteiger partial charge < -0.3 is 5.32 Å². The zero-order valence-electron chi connectivity index (χ0n) is 8.62. The van der Waals surface area contributed by atoms with Gasteiger partial charge in [-0.15, -0.1) is 0 Å². The third-order valence-corrected chi connectivity index (χ3v) is 2.82. The van der Waals surface area contributed by atoms with E-state index in [1.165, 1.54) is 0 Å². The van der Waals surface area contributed by atoms with Crippen molar-refractivity contribution >= 4 is 17.9 Å². The zero-order chi connectivity index (χ0) is 10.8. The fourth-order valence-corrected chi connectivity index (χ4v) is 1.76. The molecule has 1 aliphatic heterocycles. The molecule has 1 atom stereocenters. The van der Waals surface area contributed by atoms with Crippen LogP contribution in [-0.4, -0.2) is 12.2 Å². The average molecular weight is 203 g/mol. The first-order chi connectivity index (χ1) is 7.20. The van der Waals surface area contributed by atoms with Crippen molar-refractivity contribution < 1.29 is 9.59 Å². The van der Waals surface area contributed by atoms with E-state index in [0.29, 0.717) is 5.56 Å². The van der Waals surface area contributed by atoms with E-state index in [4.69, 9.17) is 0 Å².